The molecule has 2 amide bonds. The van der Waals surface area contributed by atoms with Crippen molar-refractivity contribution in [2.75, 3.05) is 13.2 Å². The topological polar surface area (TPSA) is 72.6 Å². The molecule has 0 saturated carbocycles. The summed E-state index contributed by atoms with van der Waals surface area (Å²) in [4.78, 5) is 23.7. The lowest BCUT2D eigenvalue weighted by atomic mass is 10.2. The van der Waals surface area contributed by atoms with E-state index in [1.165, 1.54) is 4.90 Å². The average Bonchev–Trinajstić information content (AvgIpc) is 2.29. The van der Waals surface area contributed by atoms with Crippen molar-refractivity contribution in [2.24, 2.45) is 5.73 Å². The van der Waals surface area contributed by atoms with E-state index in [2.05, 4.69) is 0 Å². The molecule has 0 spiro atoms. The molecule has 0 aromatic heterocycles. The van der Waals surface area contributed by atoms with Crippen LogP contribution in [0.1, 0.15) is 12.5 Å². The predicted molar refractivity (Wildman–Crippen MR) is 63.1 cm³/mol. The van der Waals surface area contributed by atoms with E-state index in [1.807, 2.05) is 30.3 Å². The fraction of sp³-hybridized carbons (Fsp3) is 0.333. The zero-order valence-electron chi connectivity index (χ0n) is 9.76. The zero-order valence-corrected chi connectivity index (χ0v) is 9.76. The van der Waals surface area contributed by atoms with Crippen molar-refractivity contribution in [3.8, 4) is 0 Å². The number of nitrogens with zero attached hydrogens (tertiary/aromatic N) is 1. The van der Waals surface area contributed by atoms with E-state index in [0.717, 1.165) is 5.56 Å². The van der Waals surface area contributed by atoms with Crippen molar-refractivity contribution in [2.45, 2.75) is 13.5 Å². The summed E-state index contributed by atoms with van der Waals surface area (Å²) >= 11 is 0. The second-order valence-electron chi connectivity index (χ2n) is 3.51. The van der Waals surface area contributed by atoms with Crippen LogP contribution in [-0.4, -0.2) is 30.1 Å². The van der Waals surface area contributed by atoms with Crippen LogP contribution in [0.2, 0.25) is 0 Å². The van der Waals surface area contributed by atoms with Crippen LogP contribution in [-0.2, 0) is 16.1 Å². The van der Waals surface area contributed by atoms with Gasteiger partial charge in [0.05, 0.1) is 6.61 Å². The van der Waals surface area contributed by atoms with Gasteiger partial charge in [-0.1, -0.05) is 30.3 Å². The highest BCUT2D eigenvalue weighted by Crippen LogP contribution is 2.05. The maximum absolute atomic E-state index is 11.6. The van der Waals surface area contributed by atoms with Crippen molar-refractivity contribution < 1.29 is 14.3 Å². The molecular formula is C12H16N2O3. The fourth-order valence-electron chi connectivity index (χ4n) is 1.39. The van der Waals surface area contributed by atoms with E-state index >= 15 is 0 Å². The lowest BCUT2D eigenvalue weighted by Crippen LogP contribution is -2.38. The van der Waals surface area contributed by atoms with Crippen LogP contribution in [0.15, 0.2) is 30.3 Å². The maximum Gasteiger partial charge on any atom is 0.410 e. The van der Waals surface area contributed by atoms with Gasteiger partial charge in [0.15, 0.2) is 0 Å². The Hall–Kier alpha value is -2.04. The van der Waals surface area contributed by atoms with Crippen molar-refractivity contribution in [1.82, 2.24) is 4.90 Å². The first kappa shape index (κ1) is 13.0. The number of primary amides is 1. The zero-order chi connectivity index (χ0) is 12.7. The summed E-state index contributed by atoms with van der Waals surface area (Å²) in [5.41, 5.74) is 6.01. The monoisotopic (exact) mass is 236 g/mol. The minimum absolute atomic E-state index is 0.145. The van der Waals surface area contributed by atoms with E-state index < -0.39 is 12.0 Å². The molecule has 0 radical (unpaired) electrons. The number of carbonyl (C=O) groups is 2. The van der Waals surface area contributed by atoms with Gasteiger partial charge in [-0.3, -0.25) is 9.69 Å². The molecule has 5 nitrogen and oxygen atoms in total. The first-order valence-corrected chi connectivity index (χ1v) is 5.37. The highest BCUT2D eigenvalue weighted by Gasteiger charge is 2.16. The van der Waals surface area contributed by atoms with Crippen LogP contribution in [0.5, 0.6) is 0 Å². The highest BCUT2D eigenvalue weighted by atomic mass is 16.6. The van der Waals surface area contributed by atoms with Crippen LogP contribution in [0.3, 0.4) is 0 Å². The first-order chi connectivity index (χ1) is 8.13. The molecule has 1 aromatic carbocycles. The molecule has 0 unspecified atom stereocenters. The minimum Gasteiger partial charge on any atom is -0.450 e. The quantitative estimate of drug-likeness (QED) is 0.832. The van der Waals surface area contributed by atoms with Crippen molar-refractivity contribution in [1.29, 1.82) is 0 Å². The second-order valence-corrected chi connectivity index (χ2v) is 3.51. The van der Waals surface area contributed by atoms with Crippen molar-refractivity contribution in [3.63, 3.8) is 0 Å². The number of hydrogen-bond acceptors (Lipinski definition) is 3. The summed E-state index contributed by atoms with van der Waals surface area (Å²) in [7, 11) is 0. The summed E-state index contributed by atoms with van der Waals surface area (Å²) in [6.07, 6.45) is -0.532. The number of hydrogen-bond donors (Lipinski definition) is 1. The van der Waals surface area contributed by atoms with Gasteiger partial charge in [-0.15, -0.1) is 0 Å². The molecule has 0 atom stereocenters. The Morgan fingerprint density at radius 3 is 2.47 bits per heavy atom. The summed E-state index contributed by atoms with van der Waals surface area (Å²) < 4.78 is 4.86. The predicted octanol–water partition coefficient (Wildman–Crippen LogP) is 1.13. The summed E-state index contributed by atoms with van der Waals surface area (Å²) in [5.74, 6) is -0.561. The van der Waals surface area contributed by atoms with Gasteiger partial charge in [0, 0.05) is 6.54 Å². The number of carbonyl (C=O) groups excluding carboxylic acids is 2. The van der Waals surface area contributed by atoms with Crippen LogP contribution in [0.25, 0.3) is 0 Å². The van der Waals surface area contributed by atoms with E-state index in [-0.39, 0.29) is 13.2 Å². The summed E-state index contributed by atoms with van der Waals surface area (Å²) in [5, 5.41) is 0. The lowest BCUT2D eigenvalue weighted by Gasteiger charge is -2.20. The molecule has 2 N–H and O–H groups in total. The Morgan fingerprint density at radius 1 is 1.29 bits per heavy atom. The largest absolute Gasteiger partial charge is 0.450 e. The van der Waals surface area contributed by atoms with E-state index in [4.69, 9.17) is 10.5 Å². The average molecular weight is 236 g/mol. The van der Waals surface area contributed by atoms with E-state index in [9.17, 15) is 9.59 Å². The van der Waals surface area contributed by atoms with Gasteiger partial charge in [-0.25, -0.2) is 4.79 Å². The molecule has 0 saturated heterocycles. The molecule has 0 fully saturated rings. The minimum atomic E-state index is -0.561. The molecular weight excluding hydrogens is 220 g/mol. The van der Waals surface area contributed by atoms with Crippen molar-refractivity contribution in [3.05, 3.63) is 35.9 Å². The highest BCUT2D eigenvalue weighted by molar-refractivity contribution is 5.80. The Balaban J connectivity index is 2.70. The van der Waals surface area contributed by atoms with Crippen LogP contribution >= 0.6 is 0 Å². The number of benzene rings is 1. The van der Waals surface area contributed by atoms with Crippen LogP contribution in [0, 0.1) is 0 Å². The smallest absolute Gasteiger partial charge is 0.410 e. The summed E-state index contributed by atoms with van der Waals surface area (Å²) in [6.45, 7) is 2.14. The molecule has 0 aliphatic heterocycles. The second kappa shape index (κ2) is 6.52. The van der Waals surface area contributed by atoms with Gasteiger partial charge in [0.1, 0.15) is 6.54 Å². The molecule has 1 aromatic rings. The number of nitrogens with two attached hydrogens (primary N) is 1. The van der Waals surface area contributed by atoms with Gasteiger partial charge in [-0.2, -0.15) is 0 Å². The van der Waals surface area contributed by atoms with E-state index in [0.29, 0.717) is 6.54 Å². The van der Waals surface area contributed by atoms with Crippen LogP contribution in [0.4, 0.5) is 4.79 Å². The number of rotatable bonds is 5. The molecule has 5 heteroatoms. The van der Waals surface area contributed by atoms with Crippen LogP contribution < -0.4 is 5.73 Å². The van der Waals surface area contributed by atoms with Crippen molar-refractivity contribution >= 4 is 12.0 Å². The van der Waals surface area contributed by atoms with E-state index in [1.54, 1.807) is 6.92 Å². The Labute approximate surface area is 100 Å². The van der Waals surface area contributed by atoms with Gasteiger partial charge in [0.25, 0.3) is 0 Å². The molecule has 0 aliphatic carbocycles. The third kappa shape index (κ3) is 4.55. The summed E-state index contributed by atoms with van der Waals surface area (Å²) in [6, 6.07) is 9.35. The lowest BCUT2D eigenvalue weighted by molar-refractivity contribution is -0.119. The number of amides is 2. The van der Waals surface area contributed by atoms with Gasteiger partial charge >= 0.3 is 6.09 Å². The Bertz CT molecular complexity index is 379. The maximum atomic E-state index is 11.6. The molecule has 0 aliphatic rings. The molecule has 0 bridgehead atoms. The van der Waals surface area contributed by atoms with Gasteiger partial charge < -0.3 is 10.5 Å². The molecule has 1 rings (SSSR count). The SMILES string of the molecule is CCOC(=O)N(CC(N)=O)Cc1ccccc1. The first-order valence-electron chi connectivity index (χ1n) is 5.37. The molecule has 17 heavy (non-hydrogen) atoms. The fourth-order valence-corrected chi connectivity index (χ4v) is 1.39. The third-order valence-corrected chi connectivity index (χ3v) is 2.09. The third-order valence-electron chi connectivity index (χ3n) is 2.09. The number of ether oxygens (including phenoxy) is 1. The Kier molecular flexibility index (Phi) is 5.00. The standard InChI is InChI=1S/C12H16N2O3/c1-2-17-12(16)14(9-11(13)15)8-10-6-4-3-5-7-10/h3-7H,2,8-9H2,1H3,(H2,13,15). The van der Waals surface area contributed by atoms with Gasteiger partial charge in [-0.05, 0) is 12.5 Å². The molecule has 92 valence electrons. The Morgan fingerprint density at radius 2 is 1.94 bits per heavy atom. The normalized spacial score (nSPS) is 9.71. The molecule has 0 heterocycles. The van der Waals surface area contributed by atoms with Gasteiger partial charge in [0.2, 0.25) is 5.91 Å².